The molecule has 0 saturated carbocycles. The summed E-state index contributed by atoms with van der Waals surface area (Å²) in [4.78, 5) is 17.5. The molecule has 1 aliphatic rings. The number of hydrogen-bond donors (Lipinski definition) is 1. The van der Waals surface area contributed by atoms with E-state index in [2.05, 4.69) is 4.90 Å². The fourth-order valence-corrected chi connectivity index (χ4v) is 1.76. The zero-order valence-electron chi connectivity index (χ0n) is 9.78. The van der Waals surface area contributed by atoms with Gasteiger partial charge in [0.2, 0.25) is 0 Å². The van der Waals surface area contributed by atoms with Crippen LogP contribution in [0, 0.1) is 0 Å². The van der Waals surface area contributed by atoms with Gasteiger partial charge in [-0.15, -0.1) is 0 Å². The molecule has 1 aliphatic heterocycles. The Kier molecular flexibility index (Phi) is 4.84. The van der Waals surface area contributed by atoms with Crippen molar-refractivity contribution in [2.45, 2.75) is 6.42 Å². The van der Waals surface area contributed by atoms with Gasteiger partial charge in [0, 0.05) is 40.3 Å². The van der Waals surface area contributed by atoms with E-state index in [9.17, 15) is 4.79 Å². The zero-order valence-corrected chi connectivity index (χ0v) is 9.78. The number of carbonyl (C=O) groups is 1. The molecule has 5 heteroatoms. The molecule has 0 radical (unpaired) electrons. The van der Waals surface area contributed by atoms with Gasteiger partial charge in [0.15, 0.2) is 0 Å². The van der Waals surface area contributed by atoms with Crippen LogP contribution in [0.4, 0.5) is 4.79 Å². The fourth-order valence-electron chi connectivity index (χ4n) is 1.76. The minimum Gasteiger partial charge on any atom is -0.331 e. The maximum atomic E-state index is 11.6. The van der Waals surface area contributed by atoms with Crippen molar-refractivity contribution in [1.82, 2.24) is 14.7 Å². The maximum Gasteiger partial charge on any atom is 0.319 e. The quantitative estimate of drug-likeness (QED) is 0.697. The lowest BCUT2D eigenvalue weighted by Crippen LogP contribution is -2.51. The summed E-state index contributed by atoms with van der Waals surface area (Å²) in [5.41, 5.74) is 5.46. The third kappa shape index (κ3) is 3.68. The van der Waals surface area contributed by atoms with Crippen LogP contribution >= 0.6 is 0 Å². The topological polar surface area (TPSA) is 52.8 Å². The number of rotatable bonds is 3. The van der Waals surface area contributed by atoms with Crippen molar-refractivity contribution in [3.63, 3.8) is 0 Å². The molecule has 2 N–H and O–H groups in total. The summed E-state index contributed by atoms with van der Waals surface area (Å²) in [6.45, 7) is 5.42. The van der Waals surface area contributed by atoms with Crippen molar-refractivity contribution in [3.8, 4) is 0 Å². The van der Waals surface area contributed by atoms with E-state index in [1.165, 1.54) is 0 Å². The van der Waals surface area contributed by atoms with Gasteiger partial charge in [-0.25, -0.2) is 4.79 Å². The number of urea groups is 1. The van der Waals surface area contributed by atoms with Crippen LogP contribution in [0.5, 0.6) is 0 Å². The Balaban J connectivity index is 2.26. The van der Waals surface area contributed by atoms with Crippen LogP contribution in [0.3, 0.4) is 0 Å². The predicted molar refractivity (Wildman–Crippen MR) is 60.8 cm³/mol. The van der Waals surface area contributed by atoms with Crippen molar-refractivity contribution in [2.24, 2.45) is 5.73 Å². The Hall–Kier alpha value is -0.810. The van der Waals surface area contributed by atoms with Crippen molar-refractivity contribution in [3.05, 3.63) is 0 Å². The molecule has 1 rings (SSSR count). The number of hydrogen-bond acceptors (Lipinski definition) is 3. The number of carbonyl (C=O) groups excluding carboxylic acids is 1. The van der Waals surface area contributed by atoms with E-state index >= 15 is 0 Å². The Labute approximate surface area is 91.8 Å². The minimum absolute atomic E-state index is 0.119. The van der Waals surface area contributed by atoms with Crippen LogP contribution in [0.15, 0.2) is 0 Å². The molecular formula is C10H22N4O. The normalized spacial score (nSPS) is 17.9. The van der Waals surface area contributed by atoms with Crippen molar-refractivity contribution in [2.75, 3.05) is 53.4 Å². The van der Waals surface area contributed by atoms with Gasteiger partial charge in [-0.2, -0.15) is 0 Å². The third-order valence-electron chi connectivity index (χ3n) is 2.70. The van der Waals surface area contributed by atoms with Crippen molar-refractivity contribution < 1.29 is 4.79 Å². The second kappa shape index (κ2) is 5.92. The van der Waals surface area contributed by atoms with Crippen molar-refractivity contribution >= 4 is 6.03 Å². The minimum atomic E-state index is 0.119. The smallest absolute Gasteiger partial charge is 0.319 e. The molecule has 0 aromatic rings. The zero-order chi connectivity index (χ0) is 11.3. The van der Waals surface area contributed by atoms with Crippen LogP contribution in [0.1, 0.15) is 6.42 Å². The summed E-state index contributed by atoms with van der Waals surface area (Å²) in [5.74, 6) is 0. The highest BCUT2D eigenvalue weighted by atomic mass is 16.2. The lowest BCUT2D eigenvalue weighted by molar-refractivity contribution is 0.123. The summed E-state index contributed by atoms with van der Waals surface area (Å²) in [7, 11) is 3.59. The molecule has 0 bridgehead atoms. The highest BCUT2D eigenvalue weighted by Crippen LogP contribution is 2.04. The van der Waals surface area contributed by atoms with Gasteiger partial charge in [0.05, 0.1) is 0 Å². The molecule has 0 spiro atoms. The van der Waals surface area contributed by atoms with E-state index in [1.54, 1.807) is 19.0 Å². The lowest BCUT2D eigenvalue weighted by Gasteiger charge is -2.35. The largest absolute Gasteiger partial charge is 0.331 e. The number of piperazine rings is 1. The molecule has 0 atom stereocenters. The first-order valence-electron chi connectivity index (χ1n) is 5.54. The van der Waals surface area contributed by atoms with Gasteiger partial charge in [0.1, 0.15) is 0 Å². The molecule has 0 aromatic heterocycles. The lowest BCUT2D eigenvalue weighted by atomic mass is 10.3. The molecule has 0 aliphatic carbocycles. The van der Waals surface area contributed by atoms with E-state index in [-0.39, 0.29) is 6.03 Å². The molecular weight excluding hydrogens is 192 g/mol. The molecule has 0 aromatic carbocycles. The van der Waals surface area contributed by atoms with Crippen LogP contribution in [0.25, 0.3) is 0 Å². The molecule has 0 unspecified atom stereocenters. The Bertz CT molecular complexity index is 200. The highest BCUT2D eigenvalue weighted by Gasteiger charge is 2.21. The highest BCUT2D eigenvalue weighted by molar-refractivity contribution is 5.73. The van der Waals surface area contributed by atoms with E-state index in [0.29, 0.717) is 0 Å². The van der Waals surface area contributed by atoms with Crippen LogP contribution < -0.4 is 5.73 Å². The number of nitrogens with zero attached hydrogens (tertiary/aromatic N) is 3. The summed E-state index contributed by atoms with van der Waals surface area (Å²) in [5, 5.41) is 0. The summed E-state index contributed by atoms with van der Waals surface area (Å²) >= 11 is 0. The molecule has 1 saturated heterocycles. The molecule has 2 amide bonds. The van der Waals surface area contributed by atoms with Crippen LogP contribution in [-0.4, -0.2) is 74.1 Å². The van der Waals surface area contributed by atoms with Crippen molar-refractivity contribution in [1.29, 1.82) is 0 Å². The first-order chi connectivity index (χ1) is 7.15. The summed E-state index contributed by atoms with van der Waals surface area (Å²) < 4.78 is 0. The average molecular weight is 214 g/mol. The molecule has 1 heterocycles. The van der Waals surface area contributed by atoms with Gasteiger partial charge in [-0.1, -0.05) is 0 Å². The number of nitrogens with two attached hydrogens (primary N) is 1. The van der Waals surface area contributed by atoms with Gasteiger partial charge in [-0.05, 0) is 19.5 Å². The Morgan fingerprint density at radius 3 is 2.33 bits per heavy atom. The van der Waals surface area contributed by atoms with E-state index < -0.39 is 0 Å². The molecule has 5 nitrogen and oxygen atoms in total. The van der Waals surface area contributed by atoms with Crippen LogP contribution in [0.2, 0.25) is 0 Å². The second-order valence-corrected chi connectivity index (χ2v) is 4.15. The van der Waals surface area contributed by atoms with E-state index in [1.807, 2.05) is 4.90 Å². The van der Waals surface area contributed by atoms with Gasteiger partial charge in [-0.3, -0.25) is 4.90 Å². The number of amides is 2. The van der Waals surface area contributed by atoms with Gasteiger partial charge < -0.3 is 15.5 Å². The summed E-state index contributed by atoms with van der Waals surface area (Å²) in [6, 6.07) is 0.119. The first-order valence-corrected chi connectivity index (χ1v) is 5.54. The maximum absolute atomic E-state index is 11.6. The fraction of sp³-hybridized carbons (Fsp3) is 0.900. The molecule has 15 heavy (non-hydrogen) atoms. The average Bonchev–Trinajstić information content (AvgIpc) is 2.26. The molecule has 1 fully saturated rings. The monoisotopic (exact) mass is 214 g/mol. The summed E-state index contributed by atoms with van der Waals surface area (Å²) in [6.07, 6.45) is 1.04. The predicted octanol–water partition coefficient (Wildman–Crippen LogP) is -0.366. The Morgan fingerprint density at radius 2 is 1.87 bits per heavy atom. The van der Waals surface area contributed by atoms with Gasteiger partial charge in [0.25, 0.3) is 0 Å². The standard InChI is InChI=1S/C10H22N4O/c1-12(2)10(15)14-8-6-13(7-9-14)5-3-4-11/h3-9,11H2,1-2H3. The van der Waals surface area contributed by atoms with Gasteiger partial charge >= 0.3 is 6.03 Å². The Morgan fingerprint density at radius 1 is 1.27 bits per heavy atom. The van der Waals surface area contributed by atoms with E-state index in [0.717, 1.165) is 45.7 Å². The molecule has 88 valence electrons. The first kappa shape index (κ1) is 12.3. The third-order valence-corrected chi connectivity index (χ3v) is 2.70. The van der Waals surface area contributed by atoms with Crippen LogP contribution in [-0.2, 0) is 0 Å². The van der Waals surface area contributed by atoms with E-state index in [4.69, 9.17) is 5.73 Å². The SMILES string of the molecule is CN(C)C(=O)N1CCN(CCCN)CC1. The second-order valence-electron chi connectivity index (χ2n) is 4.15.